The Morgan fingerprint density at radius 1 is 1.45 bits per heavy atom. The van der Waals surface area contributed by atoms with Gasteiger partial charge in [-0.1, -0.05) is 17.3 Å². The van der Waals surface area contributed by atoms with Crippen molar-refractivity contribution in [1.82, 2.24) is 15.0 Å². The first kappa shape index (κ1) is 14.5. The second-order valence-corrected chi connectivity index (χ2v) is 4.59. The normalized spacial score (nSPS) is 11.1. The molecule has 5 nitrogen and oxygen atoms in total. The number of carboxylic acids is 1. The van der Waals surface area contributed by atoms with Crippen LogP contribution in [-0.4, -0.2) is 26.1 Å². The molecular formula is C11H7BrF3N3O2. The van der Waals surface area contributed by atoms with Crippen molar-refractivity contribution in [3.8, 4) is 0 Å². The molecule has 1 N–H and O–H groups in total. The van der Waals surface area contributed by atoms with Crippen molar-refractivity contribution in [2.45, 2.75) is 13.0 Å². The van der Waals surface area contributed by atoms with Gasteiger partial charge in [0.05, 0.1) is 11.0 Å². The van der Waals surface area contributed by atoms with E-state index in [-0.39, 0.29) is 11.0 Å². The van der Waals surface area contributed by atoms with Crippen molar-refractivity contribution in [2.75, 3.05) is 0 Å². The number of halogens is 4. The number of hydrogen-bond donors (Lipinski definition) is 1. The number of carbonyl (C=O) groups is 1. The third-order valence-corrected chi connectivity index (χ3v) is 3.42. The molecule has 1 heterocycles. The molecule has 1 aromatic heterocycles. The monoisotopic (exact) mass is 349 g/mol. The molecule has 0 fully saturated rings. The van der Waals surface area contributed by atoms with E-state index in [2.05, 4.69) is 26.2 Å². The van der Waals surface area contributed by atoms with Gasteiger partial charge in [0, 0.05) is 0 Å². The first-order valence-electron chi connectivity index (χ1n) is 5.29. The predicted molar refractivity (Wildman–Crippen MR) is 65.1 cm³/mol. The van der Waals surface area contributed by atoms with Crippen molar-refractivity contribution in [3.63, 3.8) is 0 Å². The molecule has 0 spiro atoms. The summed E-state index contributed by atoms with van der Waals surface area (Å²) in [5.41, 5.74) is -1.28. The summed E-state index contributed by atoms with van der Waals surface area (Å²) in [6, 6.07) is 4.11. The minimum absolute atomic E-state index is 0.104. The molecule has 0 atom stereocenters. The number of aromatic nitrogens is 3. The Morgan fingerprint density at radius 3 is 2.75 bits per heavy atom. The number of carboxylic acid groups (broad SMARTS) is 1. The molecule has 20 heavy (non-hydrogen) atoms. The smallest absolute Gasteiger partial charge is 0.358 e. The number of rotatable bonds is 4. The Kier molecular flexibility index (Phi) is 4.07. The van der Waals surface area contributed by atoms with Crippen molar-refractivity contribution >= 4 is 21.9 Å². The summed E-state index contributed by atoms with van der Waals surface area (Å²) in [5, 5.41) is 15.4. The third-order valence-electron chi connectivity index (χ3n) is 2.53. The third kappa shape index (κ3) is 2.67. The molecule has 0 aliphatic carbocycles. The van der Waals surface area contributed by atoms with Crippen molar-refractivity contribution in [1.29, 1.82) is 0 Å². The second-order valence-electron chi connectivity index (χ2n) is 3.80. The van der Waals surface area contributed by atoms with E-state index in [9.17, 15) is 18.0 Å². The summed E-state index contributed by atoms with van der Waals surface area (Å²) < 4.78 is 40.0. The van der Waals surface area contributed by atoms with Crippen LogP contribution in [0, 0.1) is 5.82 Å². The number of alkyl halides is 2. The van der Waals surface area contributed by atoms with Gasteiger partial charge in [-0.15, -0.1) is 5.10 Å². The highest BCUT2D eigenvalue weighted by molar-refractivity contribution is 9.10. The highest BCUT2D eigenvalue weighted by Gasteiger charge is 2.26. The van der Waals surface area contributed by atoms with Gasteiger partial charge in [0.2, 0.25) is 0 Å². The number of nitrogens with zero attached hydrogens (tertiary/aromatic N) is 3. The Hall–Kier alpha value is -1.90. The Bertz CT molecular complexity index is 660. The summed E-state index contributed by atoms with van der Waals surface area (Å²) in [6.45, 7) is -0.224. The first-order chi connectivity index (χ1) is 9.41. The fourth-order valence-electron chi connectivity index (χ4n) is 1.64. The fourth-order valence-corrected chi connectivity index (χ4v) is 2.03. The molecule has 0 amide bonds. The zero-order valence-electron chi connectivity index (χ0n) is 9.73. The van der Waals surface area contributed by atoms with Gasteiger partial charge in [-0.2, -0.15) is 0 Å². The molecule has 2 rings (SSSR count). The van der Waals surface area contributed by atoms with Crippen molar-refractivity contribution < 1.29 is 23.1 Å². The van der Waals surface area contributed by atoms with Crippen LogP contribution in [-0.2, 0) is 6.54 Å². The van der Waals surface area contributed by atoms with Crippen LogP contribution in [0.3, 0.4) is 0 Å². The molecular weight excluding hydrogens is 343 g/mol. The van der Waals surface area contributed by atoms with E-state index in [1.807, 2.05) is 0 Å². The van der Waals surface area contributed by atoms with Gasteiger partial charge in [-0.25, -0.2) is 22.6 Å². The van der Waals surface area contributed by atoms with Crippen LogP contribution in [0.25, 0.3) is 0 Å². The molecule has 9 heteroatoms. The average molecular weight is 350 g/mol. The van der Waals surface area contributed by atoms with E-state index in [1.54, 1.807) is 0 Å². The average Bonchev–Trinajstić information content (AvgIpc) is 2.79. The minimum Gasteiger partial charge on any atom is -0.476 e. The molecule has 0 unspecified atom stereocenters. The minimum atomic E-state index is -3.05. The first-order valence-corrected chi connectivity index (χ1v) is 6.08. The molecule has 0 bridgehead atoms. The van der Waals surface area contributed by atoms with Gasteiger partial charge in [-0.3, -0.25) is 0 Å². The maximum absolute atomic E-state index is 13.3. The van der Waals surface area contributed by atoms with Gasteiger partial charge in [0.25, 0.3) is 6.43 Å². The van der Waals surface area contributed by atoms with Crippen molar-refractivity contribution in [2.24, 2.45) is 0 Å². The fraction of sp³-hybridized carbons (Fsp3) is 0.182. The molecule has 0 aliphatic heterocycles. The van der Waals surface area contributed by atoms with Crippen LogP contribution in [0.2, 0.25) is 0 Å². The SMILES string of the molecule is O=C(O)c1nnn(Cc2cccc(F)c2Br)c1C(F)F. The lowest BCUT2D eigenvalue weighted by atomic mass is 10.2. The summed E-state index contributed by atoms with van der Waals surface area (Å²) >= 11 is 2.99. The summed E-state index contributed by atoms with van der Waals surface area (Å²) in [6.07, 6.45) is -3.05. The van der Waals surface area contributed by atoms with E-state index in [0.717, 1.165) is 4.68 Å². The van der Waals surface area contributed by atoms with Crippen LogP contribution in [0.1, 0.15) is 28.2 Å². The van der Waals surface area contributed by atoms with Gasteiger partial charge in [0.15, 0.2) is 5.69 Å². The lowest BCUT2D eigenvalue weighted by Crippen LogP contribution is -2.10. The predicted octanol–water partition coefficient (Wildman–Crippen LogP) is 2.86. The topological polar surface area (TPSA) is 68.0 Å². The molecule has 2 aromatic rings. The Balaban J connectivity index is 2.44. The van der Waals surface area contributed by atoms with E-state index in [0.29, 0.717) is 5.56 Å². The van der Waals surface area contributed by atoms with Crippen LogP contribution in [0.15, 0.2) is 22.7 Å². The molecule has 0 radical (unpaired) electrons. The van der Waals surface area contributed by atoms with E-state index < -0.39 is 29.6 Å². The Labute approximate surface area is 119 Å². The number of benzene rings is 1. The molecule has 0 saturated heterocycles. The number of aromatic carboxylic acids is 1. The van der Waals surface area contributed by atoms with Gasteiger partial charge < -0.3 is 5.11 Å². The standard InChI is InChI=1S/C11H7BrF3N3O2/c12-7-5(2-1-3-6(7)13)4-18-9(10(14)15)8(11(19)20)16-17-18/h1-3,10H,4H2,(H,19,20). The van der Waals surface area contributed by atoms with Crippen LogP contribution in [0.4, 0.5) is 13.2 Å². The van der Waals surface area contributed by atoms with Gasteiger partial charge in [-0.05, 0) is 27.6 Å². The molecule has 106 valence electrons. The lowest BCUT2D eigenvalue weighted by Gasteiger charge is -2.08. The lowest BCUT2D eigenvalue weighted by molar-refractivity contribution is 0.0675. The summed E-state index contributed by atoms with van der Waals surface area (Å²) in [4.78, 5) is 10.8. The maximum atomic E-state index is 13.3. The zero-order valence-corrected chi connectivity index (χ0v) is 11.3. The number of hydrogen-bond acceptors (Lipinski definition) is 3. The van der Waals surface area contributed by atoms with Gasteiger partial charge in [0.1, 0.15) is 11.5 Å². The van der Waals surface area contributed by atoms with Gasteiger partial charge >= 0.3 is 5.97 Å². The summed E-state index contributed by atoms with van der Waals surface area (Å²) in [5.74, 6) is -2.15. The van der Waals surface area contributed by atoms with Crippen LogP contribution < -0.4 is 0 Å². The van der Waals surface area contributed by atoms with Crippen LogP contribution in [0.5, 0.6) is 0 Å². The summed E-state index contributed by atoms with van der Waals surface area (Å²) in [7, 11) is 0. The van der Waals surface area contributed by atoms with E-state index in [1.165, 1.54) is 18.2 Å². The maximum Gasteiger partial charge on any atom is 0.358 e. The molecule has 1 aromatic carbocycles. The van der Waals surface area contributed by atoms with Crippen LogP contribution >= 0.6 is 15.9 Å². The van der Waals surface area contributed by atoms with E-state index in [4.69, 9.17) is 5.11 Å². The highest BCUT2D eigenvalue weighted by Crippen LogP contribution is 2.25. The quantitative estimate of drug-likeness (QED) is 0.921. The molecule has 0 saturated carbocycles. The highest BCUT2D eigenvalue weighted by atomic mass is 79.9. The largest absolute Gasteiger partial charge is 0.476 e. The van der Waals surface area contributed by atoms with E-state index >= 15 is 0 Å². The Morgan fingerprint density at radius 2 is 2.15 bits per heavy atom. The second kappa shape index (κ2) is 5.61. The zero-order chi connectivity index (χ0) is 14.9. The molecule has 0 aliphatic rings. The van der Waals surface area contributed by atoms with Crippen molar-refractivity contribution in [3.05, 3.63) is 45.4 Å².